The van der Waals surface area contributed by atoms with Crippen LogP contribution < -0.4 is 10.6 Å². The number of ether oxygens (including phenoxy) is 1. The summed E-state index contributed by atoms with van der Waals surface area (Å²) in [6, 6.07) is 12.6. The third-order valence-corrected chi connectivity index (χ3v) is 5.99. The average molecular weight is 430 g/mol. The lowest BCUT2D eigenvalue weighted by Crippen LogP contribution is -2.37. The zero-order valence-corrected chi connectivity index (χ0v) is 17.5. The van der Waals surface area contributed by atoms with Gasteiger partial charge in [0.25, 0.3) is 5.91 Å². The molecule has 0 spiro atoms. The Balaban J connectivity index is 1.40. The van der Waals surface area contributed by atoms with Crippen molar-refractivity contribution in [2.45, 2.75) is 18.2 Å². The van der Waals surface area contributed by atoms with Crippen molar-refractivity contribution in [2.75, 3.05) is 17.7 Å². The fraction of sp³-hybridized carbons (Fsp3) is 0.200. The van der Waals surface area contributed by atoms with E-state index >= 15 is 0 Å². The van der Waals surface area contributed by atoms with Crippen LogP contribution in [0.3, 0.4) is 0 Å². The Morgan fingerprint density at radius 1 is 1.14 bits per heavy atom. The minimum atomic E-state index is -0.703. The highest BCUT2D eigenvalue weighted by Gasteiger charge is 2.13. The number of nitrogens with one attached hydrogen (secondary N) is 2. The maximum atomic E-state index is 11.9. The molecule has 3 rings (SSSR count). The minimum Gasteiger partial charge on any atom is -0.455 e. The molecule has 29 heavy (non-hydrogen) atoms. The topological polar surface area (TPSA) is 97.4 Å². The monoisotopic (exact) mass is 429 g/mol. The van der Waals surface area contributed by atoms with Gasteiger partial charge in [0.2, 0.25) is 0 Å². The van der Waals surface area contributed by atoms with E-state index in [2.05, 4.69) is 15.6 Å². The first kappa shape index (κ1) is 20.8. The number of nitrogens with zero attached hydrogens (tertiary/aromatic N) is 1. The Morgan fingerprint density at radius 2 is 1.93 bits per heavy atom. The molecule has 3 aromatic rings. The summed E-state index contributed by atoms with van der Waals surface area (Å²) < 4.78 is 6.71. The molecule has 0 saturated carbocycles. The summed E-state index contributed by atoms with van der Waals surface area (Å²) in [7, 11) is 0. The number of hydrogen-bond donors (Lipinski definition) is 2. The highest BCUT2D eigenvalue weighted by Crippen LogP contribution is 2.29. The van der Waals surface area contributed by atoms with Crippen molar-refractivity contribution in [1.29, 1.82) is 0 Å². The lowest BCUT2D eigenvalue weighted by Gasteiger charge is -2.10. The molecule has 0 radical (unpaired) electrons. The van der Waals surface area contributed by atoms with Gasteiger partial charge >= 0.3 is 12.0 Å². The van der Waals surface area contributed by atoms with Gasteiger partial charge in [0.1, 0.15) is 0 Å². The maximum absolute atomic E-state index is 11.9. The molecule has 0 aliphatic heterocycles. The molecule has 3 amide bonds. The third-order valence-electron chi connectivity index (χ3n) is 3.84. The van der Waals surface area contributed by atoms with E-state index in [1.54, 1.807) is 6.07 Å². The zero-order valence-electron chi connectivity index (χ0n) is 15.9. The van der Waals surface area contributed by atoms with E-state index in [1.165, 1.54) is 23.1 Å². The number of benzene rings is 2. The molecule has 0 atom stereocenters. The number of esters is 1. The number of urea groups is 1. The molecule has 0 fully saturated rings. The van der Waals surface area contributed by atoms with Crippen molar-refractivity contribution in [3.8, 4) is 0 Å². The van der Waals surface area contributed by atoms with Crippen molar-refractivity contribution in [2.24, 2.45) is 0 Å². The second-order valence-corrected chi connectivity index (χ2v) is 8.47. The maximum Gasteiger partial charge on any atom is 0.325 e. The number of imide groups is 1. The quantitative estimate of drug-likeness (QED) is 0.456. The summed E-state index contributed by atoms with van der Waals surface area (Å²) >= 11 is 2.73. The normalized spacial score (nSPS) is 10.6. The highest BCUT2D eigenvalue weighted by atomic mass is 32.2. The van der Waals surface area contributed by atoms with Gasteiger partial charge in [0.05, 0.1) is 16.0 Å². The number of rotatable bonds is 6. The Morgan fingerprint density at radius 3 is 2.69 bits per heavy atom. The Bertz CT molecular complexity index is 1030. The molecular formula is C20H19N3O4S2. The number of amides is 3. The van der Waals surface area contributed by atoms with E-state index in [1.807, 2.05) is 50.2 Å². The molecular weight excluding hydrogens is 410 g/mol. The van der Waals surface area contributed by atoms with Crippen LogP contribution in [0.4, 0.5) is 10.5 Å². The summed E-state index contributed by atoms with van der Waals surface area (Å²) in [5.41, 5.74) is 3.43. The molecule has 0 aliphatic rings. The van der Waals surface area contributed by atoms with Crippen molar-refractivity contribution < 1.29 is 19.1 Å². The van der Waals surface area contributed by atoms with Gasteiger partial charge in [0, 0.05) is 5.69 Å². The van der Waals surface area contributed by atoms with Crippen LogP contribution in [-0.4, -0.2) is 35.3 Å². The summed E-state index contributed by atoms with van der Waals surface area (Å²) in [4.78, 5) is 40.0. The molecule has 0 unspecified atom stereocenters. The van der Waals surface area contributed by atoms with Crippen molar-refractivity contribution in [3.05, 3.63) is 53.6 Å². The van der Waals surface area contributed by atoms with E-state index in [0.717, 1.165) is 25.7 Å². The highest BCUT2D eigenvalue weighted by molar-refractivity contribution is 8.01. The van der Waals surface area contributed by atoms with Crippen LogP contribution in [0, 0.1) is 13.8 Å². The largest absolute Gasteiger partial charge is 0.455 e. The molecule has 0 aliphatic carbocycles. The van der Waals surface area contributed by atoms with Crippen LogP contribution in [-0.2, 0) is 14.3 Å². The van der Waals surface area contributed by atoms with Crippen LogP contribution in [0.1, 0.15) is 11.1 Å². The number of carbonyl (C=O) groups excluding carboxylic acids is 3. The first-order valence-corrected chi connectivity index (χ1v) is 10.5. The summed E-state index contributed by atoms with van der Waals surface area (Å²) in [6.45, 7) is 3.28. The van der Waals surface area contributed by atoms with Gasteiger partial charge < -0.3 is 10.1 Å². The Hall–Kier alpha value is -2.91. The van der Waals surface area contributed by atoms with Gasteiger partial charge in [-0.05, 0) is 37.6 Å². The van der Waals surface area contributed by atoms with Crippen LogP contribution in [0.2, 0.25) is 0 Å². The number of thiazole rings is 1. The van der Waals surface area contributed by atoms with E-state index in [9.17, 15) is 14.4 Å². The molecule has 9 heteroatoms. The van der Waals surface area contributed by atoms with Crippen LogP contribution in [0.5, 0.6) is 0 Å². The third kappa shape index (κ3) is 6.03. The molecule has 1 heterocycles. The first-order valence-electron chi connectivity index (χ1n) is 8.73. The van der Waals surface area contributed by atoms with Gasteiger partial charge in [-0.1, -0.05) is 41.6 Å². The van der Waals surface area contributed by atoms with Crippen molar-refractivity contribution in [3.63, 3.8) is 0 Å². The molecule has 0 saturated heterocycles. The van der Waals surface area contributed by atoms with Crippen LogP contribution in [0.15, 0.2) is 46.8 Å². The van der Waals surface area contributed by atoms with Crippen molar-refractivity contribution in [1.82, 2.24) is 10.3 Å². The fourth-order valence-electron chi connectivity index (χ4n) is 2.49. The predicted molar refractivity (Wildman–Crippen MR) is 114 cm³/mol. The molecule has 2 aromatic carbocycles. The number of para-hydroxylation sites is 1. The van der Waals surface area contributed by atoms with E-state index in [4.69, 9.17) is 4.74 Å². The average Bonchev–Trinajstić information content (AvgIpc) is 3.10. The number of hydrogen-bond acceptors (Lipinski definition) is 7. The standard InChI is InChI=1S/C20H19N3O4S2/c1-12-7-8-14(13(2)9-12)21-19(26)23-17(24)10-27-18(25)11-28-20-22-15-5-3-4-6-16(15)29-20/h3-9H,10-11H2,1-2H3,(H2,21,23,24,26). The molecule has 1 aromatic heterocycles. The Kier molecular flexibility index (Phi) is 6.84. The molecule has 2 N–H and O–H groups in total. The lowest BCUT2D eigenvalue weighted by molar-refractivity contribution is -0.145. The molecule has 0 bridgehead atoms. The first-order chi connectivity index (χ1) is 13.9. The fourth-order valence-corrected chi connectivity index (χ4v) is 4.36. The van der Waals surface area contributed by atoms with Gasteiger partial charge in [-0.25, -0.2) is 9.78 Å². The van der Waals surface area contributed by atoms with E-state index < -0.39 is 24.5 Å². The second kappa shape index (κ2) is 9.53. The number of anilines is 1. The number of thioether (sulfide) groups is 1. The zero-order chi connectivity index (χ0) is 20.8. The number of aromatic nitrogens is 1. The van der Waals surface area contributed by atoms with E-state index in [0.29, 0.717) is 5.69 Å². The summed E-state index contributed by atoms with van der Waals surface area (Å²) in [5, 5.41) is 4.73. The number of aryl methyl sites for hydroxylation is 2. The summed E-state index contributed by atoms with van der Waals surface area (Å²) in [6.07, 6.45) is 0. The molecule has 150 valence electrons. The SMILES string of the molecule is Cc1ccc(NC(=O)NC(=O)COC(=O)CSc2nc3ccccc3s2)c(C)c1. The smallest absolute Gasteiger partial charge is 0.325 e. The number of carbonyl (C=O) groups is 3. The van der Waals surface area contributed by atoms with Crippen molar-refractivity contribution >= 4 is 56.9 Å². The Labute approximate surface area is 175 Å². The number of fused-ring (bicyclic) bond motifs is 1. The second-order valence-electron chi connectivity index (χ2n) is 6.22. The summed E-state index contributed by atoms with van der Waals surface area (Å²) in [5.74, 6) is -1.23. The van der Waals surface area contributed by atoms with Gasteiger partial charge in [0.15, 0.2) is 10.9 Å². The van der Waals surface area contributed by atoms with Gasteiger partial charge in [-0.3, -0.25) is 14.9 Å². The van der Waals surface area contributed by atoms with Gasteiger partial charge in [-0.15, -0.1) is 11.3 Å². The lowest BCUT2D eigenvalue weighted by atomic mass is 10.1. The minimum absolute atomic E-state index is 0.0296. The van der Waals surface area contributed by atoms with E-state index in [-0.39, 0.29) is 5.75 Å². The van der Waals surface area contributed by atoms with Gasteiger partial charge in [-0.2, -0.15) is 0 Å². The van der Waals surface area contributed by atoms with Crippen LogP contribution >= 0.6 is 23.1 Å². The molecule has 7 nitrogen and oxygen atoms in total. The predicted octanol–water partition coefficient (Wildman–Crippen LogP) is 3.90. The van der Waals surface area contributed by atoms with Crippen LogP contribution in [0.25, 0.3) is 10.2 Å².